The lowest BCUT2D eigenvalue weighted by molar-refractivity contribution is -0.131. The molecule has 21 heavy (non-hydrogen) atoms. The Kier molecular flexibility index (Phi) is 3.79. The number of para-hydroxylation sites is 2. The van der Waals surface area contributed by atoms with Crippen LogP contribution in [0.3, 0.4) is 0 Å². The third-order valence-corrected chi connectivity index (χ3v) is 4.07. The van der Waals surface area contributed by atoms with Crippen LogP contribution >= 0.6 is 0 Å². The van der Waals surface area contributed by atoms with Crippen molar-refractivity contribution < 1.29 is 4.79 Å². The second-order valence-corrected chi connectivity index (χ2v) is 5.36. The average Bonchev–Trinajstić information content (AvgIpc) is 2.78. The monoisotopic (exact) mass is 288 g/mol. The van der Waals surface area contributed by atoms with Gasteiger partial charge in [-0.05, 0) is 12.1 Å². The zero-order valence-corrected chi connectivity index (χ0v) is 12.2. The summed E-state index contributed by atoms with van der Waals surface area (Å²) in [7, 11) is 1.76. The lowest BCUT2D eigenvalue weighted by Crippen LogP contribution is -2.46. The van der Waals surface area contributed by atoms with Crippen LogP contribution in [0, 0.1) is 0 Å². The molecule has 1 aromatic heterocycles. The van der Waals surface area contributed by atoms with Gasteiger partial charge >= 0.3 is 5.69 Å². The lowest BCUT2D eigenvalue weighted by atomic mass is 10.3. The lowest BCUT2D eigenvalue weighted by Gasteiger charge is -2.27. The van der Waals surface area contributed by atoms with Crippen LogP contribution in [0.2, 0.25) is 0 Å². The first-order chi connectivity index (χ1) is 10.2. The summed E-state index contributed by atoms with van der Waals surface area (Å²) < 4.78 is 3.32. The standard InChI is InChI=1S/C15H20N4O2/c1-17-12-4-2-3-5-13(12)19(15(17)21)9-6-14(20)18-10-7-16-8-11-18/h2-5,16H,6-11H2,1H3. The summed E-state index contributed by atoms with van der Waals surface area (Å²) in [5, 5.41) is 3.23. The number of aryl methyl sites for hydroxylation is 2. The normalized spacial score (nSPS) is 15.6. The van der Waals surface area contributed by atoms with Gasteiger partial charge in [0.1, 0.15) is 0 Å². The molecule has 1 saturated heterocycles. The molecule has 1 amide bonds. The molecule has 1 fully saturated rings. The Bertz CT molecular complexity index is 710. The number of rotatable bonds is 3. The molecule has 1 aromatic carbocycles. The average molecular weight is 288 g/mol. The Balaban J connectivity index is 1.78. The minimum Gasteiger partial charge on any atom is -0.340 e. The van der Waals surface area contributed by atoms with Gasteiger partial charge in [-0.3, -0.25) is 13.9 Å². The number of nitrogens with zero attached hydrogens (tertiary/aromatic N) is 3. The molecule has 2 heterocycles. The van der Waals surface area contributed by atoms with Crippen LogP contribution in [-0.2, 0) is 18.4 Å². The van der Waals surface area contributed by atoms with E-state index in [-0.39, 0.29) is 11.6 Å². The summed E-state index contributed by atoms with van der Waals surface area (Å²) >= 11 is 0. The highest BCUT2D eigenvalue weighted by Crippen LogP contribution is 2.12. The molecule has 0 bridgehead atoms. The Hall–Kier alpha value is -2.08. The summed E-state index contributed by atoms with van der Waals surface area (Å²) in [6, 6.07) is 7.67. The number of hydrogen-bond donors (Lipinski definition) is 1. The van der Waals surface area contributed by atoms with Crippen molar-refractivity contribution in [2.75, 3.05) is 26.2 Å². The molecule has 1 N–H and O–H groups in total. The number of fused-ring (bicyclic) bond motifs is 1. The van der Waals surface area contributed by atoms with E-state index in [2.05, 4.69) is 5.32 Å². The van der Waals surface area contributed by atoms with E-state index >= 15 is 0 Å². The minimum absolute atomic E-state index is 0.0655. The van der Waals surface area contributed by atoms with Crippen molar-refractivity contribution in [3.05, 3.63) is 34.7 Å². The van der Waals surface area contributed by atoms with E-state index in [9.17, 15) is 9.59 Å². The molecular weight excluding hydrogens is 268 g/mol. The molecule has 6 heteroatoms. The Morgan fingerprint density at radius 3 is 2.57 bits per heavy atom. The third kappa shape index (κ3) is 2.58. The molecule has 0 saturated carbocycles. The number of piperazine rings is 1. The van der Waals surface area contributed by atoms with Crippen LogP contribution in [0.5, 0.6) is 0 Å². The number of imidazole rings is 1. The fourth-order valence-corrected chi connectivity index (χ4v) is 2.86. The highest BCUT2D eigenvalue weighted by atomic mass is 16.2. The van der Waals surface area contributed by atoms with Crippen molar-refractivity contribution in [1.29, 1.82) is 0 Å². The molecule has 1 aliphatic heterocycles. The number of carbonyl (C=O) groups excluding carboxylic acids is 1. The van der Waals surface area contributed by atoms with E-state index in [4.69, 9.17) is 0 Å². The first kappa shape index (κ1) is 13.9. The summed E-state index contributed by atoms with van der Waals surface area (Å²) in [5.41, 5.74) is 1.72. The smallest absolute Gasteiger partial charge is 0.328 e. The van der Waals surface area contributed by atoms with Gasteiger partial charge in [0, 0.05) is 46.2 Å². The Morgan fingerprint density at radius 2 is 1.86 bits per heavy atom. The van der Waals surface area contributed by atoms with E-state index in [1.807, 2.05) is 29.2 Å². The van der Waals surface area contributed by atoms with E-state index in [1.54, 1.807) is 16.2 Å². The molecule has 0 aliphatic carbocycles. The molecule has 0 atom stereocenters. The van der Waals surface area contributed by atoms with Crippen molar-refractivity contribution in [2.24, 2.45) is 7.05 Å². The summed E-state index contributed by atoms with van der Waals surface area (Å²) in [4.78, 5) is 26.3. The predicted molar refractivity (Wildman–Crippen MR) is 81.2 cm³/mol. The highest BCUT2D eigenvalue weighted by Gasteiger charge is 2.17. The van der Waals surface area contributed by atoms with Gasteiger partial charge in [0.05, 0.1) is 11.0 Å². The second-order valence-electron chi connectivity index (χ2n) is 5.36. The van der Waals surface area contributed by atoms with E-state index in [0.29, 0.717) is 13.0 Å². The first-order valence-corrected chi connectivity index (χ1v) is 7.31. The highest BCUT2D eigenvalue weighted by molar-refractivity contribution is 5.78. The number of aromatic nitrogens is 2. The molecule has 112 valence electrons. The van der Waals surface area contributed by atoms with E-state index in [0.717, 1.165) is 37.2 Å². The largest absolute Gasteiger partial charge is 0.340 e. The number of nitrogens with one attached hydrogen (secondary N) is 1. The van der Waals surface area contributed by atoms with Gasteiger partial charge in [-0.2, -0.15) is 0 Å². The second kappa shape index (κ2) is 5.73. The topological polar surface area (TPSA) is 59.3 Å². The molecule has 6 nitrogen and oxygen atoms in total. The van der Waals surface area contributed by atoms with Gasteiger partial charge in [-0.25, -0.2) is 4.79 Å². The fraction of sp³-hybridized carbons (Fsp3) is 0.467. The van der Waals surface area contributed by atoms with Crippen molar-refractivity contribution in [3.63, 3.8) is 0 Å². The fourth-order valence-electron chi connectivity index (χ4n) is 2.86. The molecule has 0 unspecified atom stereocenters. The van der Waals surface area contributed by atoms with Gasteiger partial charge in [-0.1, -0.05) is 12.1 Å². The van der Waals surface area contributed by atoms with Crippen LogP contribution in [-0.4, -0.2) is 46.1 Å². The van der Waals surface area contributed by atoms with Gasteiger partial charge in [0.15, 0.2) is 0 Å². The van der Waals surface area contributed by atoms with E-state index < -0.39 is 0 Å². The van der Waals surface area contributed by atoms with Crippen LogP contribution in [0.1, 0.15) is 6.42 Å². The van der Waals surface area contributed by atoms with Crippen molar-refractivity contribution >= 4 is 16.9 Å². The summed E-state index contributed by atoms with van der Waals surface area (Å²) in [6.45, 7) is 3.63. The molecule has 0 radical (unpaired) electrons. The molecule has 2 aromatic rings. The van der Waals surface area contributed by atoms with Crippen molar-refractivity contribution in [2.45, 2.75) is 13.0 Å². The number of amides is 1. The maximum atomic E-state index is 12.3. The van der Waals surface area contributed by atoms with Gasteiger partial charge in [-0.15, -0.1) is 0 Å². The Morgan fingerprint density at radius 1 is 1.19 bits per heavy atom. The summed E-state index contributed by atoms with van der Waals surface area (Å²) in [5.74, 6) is 0.122. The van der Waals surface area contributed by atoms with Crippen LogP contribution < -0.4 is 11.0 Å². The number of hydrogen-bond acceptors (Lipinski definition) is 3. The van der Waals surface area contributed by atoms with Crippen LogP contribution in [0.25, 0.3) is 11.0 Å². The zero-order valence-electron chi connectivity index (χ0n) is 12.2. The van der Waals surface area contributed by atoms with Gasteiger partial charge in [0.2, 0.25) is 5.91 Å². The quantitative estimate of drug-likeness (QED) is 0.875. The number of benzene rings is 1. The maximum Gasteiger partial charge on any atom is 0.328 e. The van der Waals surface area contributed by atoms with Gasteiger partial charge in [0.25, 0.3) is 0 Å². The van der Waals surface area contributed by atoms with Crippen molar-refractivity contribution in [1.82, 2.24) is 19.4 Å². The van der Waals surface area contributed by atoms with Crippen molar-refractivity contribution in [3.8, 4) is 0 Å². The maximum absolute atomic E-state index is 12.3. The molecule has 0 spiro atoms. The zero-order chi connectivity index (χ0) is 14.8. The van der Waals surface area contributed by atoms with Crippen LogP contribution in [0.15, 0.2) is 29.1 Å². The predicted octanol–water partition coefficient (Wildman–Crippen LogP) is 0.162. The van der Waals surface area contributed by atoms with Crippen LogP contribution in [0.4, 0.5) is 0 Å². The first-order valence-electron chi connectivity index (χ1n) is 7.31. The SMILES string of the molecule is Cn1c(=O)n(CCC(=O)N2CCNCC2)c2ccccc21. The number of carbonyl (C=O) groups is 1. The summed E-state index contributed by atoms with van der Waals surface area (Å²) in [6.07, 6.45) is 0.369. The van der Waals surface area contributed by atoms with E-state index in [1.165, 1.54) is 0 Å². The minimum atomic E-state index is -0.0655. The third-order valence-electron chi connectivity index (χ3n) is 4.07. The van der Waals surface area contributed by atoms with Gasteiger partial charge < -0.3 is 10.2 Å². The molecule has 3 rings (SSSR count). The molecule has 1 aliphatic rings. The molecular formula is C15H20N4O2. The Labute approximate surface area is 123 Å².